The summed E-state index contributed by atoms with van der Waals surface area (Å²) in [4.78, 5) is 10.2. The van der Waals surface area contributed by atoms with Crippen LogP contribution in [-0.2, 0) is 17.8 Å². The van der Waals surface area contributed by atoms with Crippen LogP contribution in [-0.4, -0.2) is 13.0 Å². The molecule has 0 saturated carbocycles. The van der Waals surface area contributed by atoms with Crippen LogP contribution < -0.4 is 10.1 Å². The lowest BCUT2D eigenvalue weighted by Gasteiger charge is -2.08. The molecule has 0 bridgehead atoms. The van der Waals surface area contributed by atoms with E-state index in [2.05, 4.69) is 5.32 Å². The largest absolute Gasteiger partial charge is 0.489 e. The van der Waals surface area contributed by atoms with Gasteiger partial charge in [-0.15, -0.1) is 0 Å². The van der Waals surface area contributed by atoms with Crippen LogP contribution in [0.2, 0.25) is 0 Å². The zero-order valence-electron chi connectivity index (χ0n) is 10.7. The van der Waals surface area contributed by atoms with Gasteiger partial charge in [-0.2, -0.15) is 0 Å². The highest BCUT2D eigenvalue weighted by molar-refractivity contribution is 5.45. The molecule has 0 radical (unpaired) electrons. The first-order chi connectivity index (χ1) is 9.38. The van der Waals surface area contributed by atoms with Crippen molar-refractivity contribution in [1.29, 1.82) is 0 Å². The van der Waals surface area contributed by atoms with Crippen molar-refractivity contribution in [3.05, 3.63) is 65.7 Å². The zero-order chi connectivity index (χ0) is 13.3. The third kappa shape index (κ3) is 4.47. The minimum absolute atomic E-state index is 0.566. The fourth-order valence-corrected chi connectivity index (χ4v) is 1.81. The molecule has 0 unspecified atom stereocenters. The van der Waals surface area contributed by atoms with Crippen molar-refractivity contribution in [3.63, 3.8) is 0 Å². The monoisotopic (exact) mass is 255 g/mol. The van der Waals surface area contributed by atoms with Crippen molar-refractivity contribution < 1.29 is 9.53 Å². The van der Waals surface area contributed by atoms with Gasteiger partial charge in [0.15, 0.2) is 0 Å². The summed E-state index contributed by atoms with van der Waals surface area (Å²) in [5, 5.41) is 2.65. The number of amides is 1. The van der Waals surface area contributed by atoms with Gasteiger partial charge in [-0.25, -0.2) is 0 Å². The smallest absolute Gasteiger partial charge is 0.207 e. The molecule has 1 amide bonds. The van der Waals surface area contributed by atoms with E-state index in [1.54, 1.807) is 0 Å². The normalized spacial score (nSPS) is 9.89. The highest BCUT2D eigenvalue weighted by Crippen LogP contribution is 2.15. The van der Waals surface area contributed by atoms with Crippen molar-refractivity contribution in [2.75, 3.05) is 6.54 Å². The Morgan fingerprint density at radius 3 is 2.58 bits per heavy atom. The summed E-state index contributed by atoms with van der Waals surface area (Å²) < 4.78 is 5.75. The summed E-state index contributed by atoms with van der Waals surface area (Å²) in [7, 11) is 0. The lowest BCUT2D eigenvalue weighted by Crippen LogP contribution is -2.14. The maximum atomic E-state index is 10.2. The molecule has 3 nitrogen and oxygen atoms in total. The van der Waals surface area contributed by atoms with E-state index in [-0.39, 0.29) is 0 Å². The summed E-state index contributed by atoms with van der Waals surface area (Å²) in [6, 6.07) is 18.0. The fourth-order valence-electron chi connectivity index (χ4n) is 1.81. The molecule has 2 aromatic rings. The summed E-state index contributed by atoms with van der Waals surface area (Å²) in [5.74, 6) is 0.854. The van der Waals surface area contributed by atoms with Crippen LogP contribution >= 0.6 is 0 Å². The van der Waals surface area contributed by atoms with Gasteiger partial charge in [0, 0.05) is 6.54 Å². The Labute approximate surface area is 113 Å². The highest BCUT2D eigenvalue weighted by Gasteiger charge is 1.98. The number of nitrogens with one attached hydrogen (secondary N) is 1. The Morgan fingerprint density at radius 2 is 1.79 bits per heavy atom. The number of carbonyl (C=O) groups excluding carboxylic acids is 1. The first-order valence-electron chi connectivity index (χ1n) is 6.31. The van der Waals surface area contributed by atoms with Crippen LogP contribution in [0.1, 0.15) is 11.1 Å². The predicted octanol–water partition coefficient (Wildman–Crippen LogP) is 2.55. The van der Waals surface area contributed by atoms with Crippen LogP contribution in [0, 0.1) is 0 Å². The predicted molar refractivity (Wildman–Crippen MR) is 75.0 cm³/mol. The quantitative estimate of drug-likeness (QED) is 0.610. The van der Waals surface area contributed by atoms with E-state index < -0.39 is 0 Å². The average molecular weight is 255 g/mol. The number of hydrogen-bond acceptors (Lipinski definition) is 2. The van der Waals surface area contributed by atoms with Crippen molar-refractivity contribution in [2.24, 2.45) is 0 Å². The van der Waals surface area contributed by atoms with Crippen LogP contribution in [0.4, 0.5) is 0 Å². The molecule has 0 aliphatic carbocycles. The minimum atomic E-state index is 0.566. The molecule has 3 heteroatoms. The van der Waals surface area contributed by atoms with E-state index in [4.69, 9.17) is 4.74 Å². The summed E-state index contributed by atoms with van der Waals surface area (Å²) in [5.41, 5.74) is 2.30. The Balaban J connectivity index is 1.89. The van der Waals surface area contributed by atoms with E-state index in [9.17, 15) is 4.79 Å². The van der Waals surface area contributed by atoms with E-state index >= 15 is 0 Å². The van der Waals surface area contributed by atoms with Crippen molar-refractivity contribution in [3.8, 4) is 5.75 Å². The molecule has 0 fully saturated rings. The van der Waals surface area contributed by atoms with E-state index in [0.29, 0.717) is 13.2 Å². The van der Waals surface area contributed by atoms with Crippen molar-refractivity contribution in [1.82, 2.24) is 5.32 Å². The molecular formula is C16H17NO2. The molecule has 2 aromatic carbocycles. The lowest BCUT2D eigenvalue weighted by molar-refractivity contribution is -0.109. The molecule has 2 rings (SSSR count). The summed E-state index contributed by atoms with van der Waals surface area (Å²) >= 11 is 0. The second-order valence-electron chi connectivity index (χ2n) is 4.24. The van der Waals surface area contributed by atoms with Gasteiger partial charge < -0.3 is 10.1 Å². The highest BCUT2D eigenvalue weighted by atomic mass is 16.5. The molecule has 0 atom stereocenters. The summed E-state index contributed by atoms with van der Waals surface area (Å²) in [6.07, 6.45) is 1.52. The Hall–Kier alpha value is -2.29. The van der Waals surface area contributed by atoms with Gasteiger partial charge in [0.05, 0.1) is 0 Å². The van der Waals surface area contributed by atoms with Crippen LogP contribution in [0.15, 0.2) is 54.6 Å². The summed E-state index contributed by atoms with van der Waals surface area (Å²) in [6.45, 7) is 1.21. The van der Waals surface area contributed by atoms with Gasteiger partial charge in [-0.1, -0.05) is 42.5 Å². The van der Waals surface area contributed by atoms with Gasteiger partial charge in [-0.3, -0.25) is 4.79 Å². The Kier molecular flexibility index (Phi) is 4.99. The van der Waals surface area contributed by atoms with Gasteiger partial charge in [-0.05, 0) is 29.7 Å². The minimum Gasteiger partial charge on any atom is -0.489 e. The number of carbonyl (C=O) groups is 1. The topological polar surface area (TPSA) is 38.3 Å². The Morgan fingerprint density at radius 1 is 1.00 bits per heavy atom. The van der Waals surface area contributed by atoms with E-state index in [0.717, 1.165) is 29.7 Å². The molecule has 0 spiro atoms. The third-order valence-electron chi connectivity index (χ3n) is 2.79. The van der Waals surface area contributed by atoms with Crippen molar-refractivity contribution >= 4 is 6.41 Å². The molecule has 1 N–H and O–H groups in total. The van der Waals surface area contributed by atoms with E-state index in [1.807, 2.05) is 54.6 Å². The average Bonchev–Trinajstić information content (AvgIpc) is 2.47. The van der Waals surface area contributed by atoms with Gasteiger partial charge in [0.2, 0.25) is 6.41 Å². The molecule has 0 heterocycles. The second-order valence-corrected chi connectivity index (χ2v) is 4.24. The van der Waals surface area contributed by atoms with Crippen LogP contribution in [0.3, 0.4) is 0 Å². The molecule has 19 heavy (non-hydrogen) atoms. The van der Waals surface area contributed by atoms with Crippen LogP contribution in [0.5, 0.6) is 5.75 Å². The van der Waals surface area contributed by atoms with Crippen molar-refractivity contribution in [2.45, 2.75) is 13.0 Å². The molecule has 0 aromatic heterocycles. The Bertz CT molecular complexity index is 511. The zero-order valence-corrected chi connectivity index (χ0v) is 10.7. The maximum absolute atomic E-state index is 10.2. The lowest BCUT2D eigenvalue weighted by atomic mass is 10.1. The molecular weight excluding hydrogens is 238 g/mol. The first-order valence-corrected chi connectivity index (χ1v) is 6.31. The van der Waals surface area contributed by atoms with Crippen LogP contribution in [0.25, 0.3) is 0 Å². The van der Waals surface area contributed by atoms with Gasteiger partial charge >= 0.3 is 0 Å². The molecule has 0 aliphatic heterocycles. The van der Waals surface area contributed by atoms with E-state index in [1.165, 1.54) is 0 Å². The number of benzene rings is 2. The molecule has 98 valence electrons. The molecule has 0 saturated heterocycles. The maximum Gasteiger partial charge on any atom is 0.207 e. The standard InChI is InChI=1S/C16H17NO2/c18-13-17-10-9-14-7-4-8-16(11-14)19-12-15-5-2-1-3-6-15/h1-8,11,13H,9-10,12H2,(H,17,18). The first kappa shape index (κ1) is 13.1. The molecule has 0 aliphatic rings. The number of ether oxygens (including phenoxy) is 1. The van der Waals surface area contributed by atoms with Gasteiger partial charge in [0.25, 0.3) is 0 Å². The number of hydrogen-bond donors (Lipinski definition) is 1. The SMILES string of the molecule is O=CNCCc1cccc(OCc2ccccc2)c1. The van der Waals surface area contributed by atoms with Gasteiger partial charge in [0.1, 0.15) is 12.4 Å². The number of rotatable bonds is 7. The third-order valence-corrected chi connectivity index (χ3v) is 2.79. The fraction of sp³-hybridized carbons (Fsp3) is 0.188. The second kappa shape index (κ2) is 7.21.